The van der Waals surface area contributed by atoms with Crippen molar-refractivity contribution in [3.05, 3.63) is 64.5 Å². The van der Waals surface area contributed by atoms with E-state index in [0.717, 1.165) is 24.2 Å². The highest BCUT2D eigenvalue weighted by Crippen LogP contribution is 2.53. The minimum absolute atomic E-state index is 0.0792. The van der Waals surface area contributed by atoms with Crippen molar-refractivity contribution in [2.45, 2.75) is 62.1 Å². The minimum atomic E-state index is -4.98. The van der Waals surface area contributed by atoms with Gasteiger partial charge in [-0.05, 0) is 79.2 Å². The van der Waals surface area contributed by atoms with E-state index in [1.165, 1.54) is 42.7 Å². The maximum absolute atomic E-state index is 14.3. The lowest BCUT2D eigenvalue weighted by atomic mass is 9.91. The number of rotatable bonds is 6. The lowest BCUT2D eigenvalue weighted by molar-refractivity contribution is -0.149. The van der Waals surface area contributed by atoms with Gasteiger partial charge in [-0.3, -0.25) is 23.9 Å². The zero-order valence-corrected chi connectivity index (χ0v) is 25.2. The summed E-state index contributed by atoms with van der Waals surface area (Å²) in [7, 11) is -4.98. The lowest BCUT2D eigenvalue weighted by Crippen LogP contribution is -2.59. The van der Waals surface area contributed by atoms with Gasteiger partial charge in [-0.15, -0.1) is 11.3 Å². The second-order valence-corrected chi connectivity index (χ2v) is 15.1. The number of halogens is 2. The molecule has 5 heterocycles. The molecule has 1 saturated carbocycles. The molecule has 14 heteroatoms. The predicted molar refractivity (Wildman–Crippen MR) is 157 cm³/mol. The Labute approximate surface area is 255 Å². The number of hydrogen-bond donors (Lipinski definition) is 3. The quantitative estimate of drug-likeness (QED) is 0.344. The van der Waals surface area contributed by atoms with Crippen molar-refractivity contribution in [2.75, 3.05) is 13.1 Å². The Morgan fingerprint density at radius 2 is 1.86 bits per heavy atom. The maximum Gasteiger partial charge on any atom is 0.363 e. The number of likely N-dealkylation sites (tertiary alicyclic amines) is 1. The lowest BCUT2D eigenvalue weighted by Gasteiger charge is -2.43. The number of thiophene rings is 1. The molecule has 0 radical (unpaired) electrons. The zero-order valence-electron chi connectivity index (χ0n) is 23.5. The Hall–Kier alpha value is -3.25. The van der Waals surface area contributed by atoms with Crippen molar-refractivity contribution < 1.29 is 37.5 Å². The molecule has 3 aromatic rings. The number of alkyl halides is 1. The maximum atomic E-state index is 14.3. The van der Waals surface area contributed by atoms with E-state index in [1.807, 2.05) is 0 Å². The highest BCUT2D eigenvalue weighted by atomic mass is 32.1. The molecule has 2 aromatic heterocycles. The van der Waals surface area contributed by atoms with Crippen LogP contribution in [0.1, 0.15) is 64.7 Å². The summed E-state index contributed by atoms with van der Waals surface area (Å²) in [5, 5.41) is 3.37. The van der Waals surface area contributed by atoms with E-state index >= 15 is 0 Å². The van der Waals surface area contributed by atoms with Crippen molar-refractivity contribution in [2.24, 2.45) is 11.8 Å². The second kappa shape index (κ2) is 11.0. The van der Waals surface area contributed by atoms with Crippen LogP contribution in [0.25, 0.3) is 10.1 Å². The van der Waals surface area contributed by atoms with Gasteiger partial charge < -0.3 is 24.9 Å². The fourth-order valence-corrected chi connectivity index (χ4v) is 8.63. The van der Waals surface area contributed by atoms with E-state index in [1.54, 1.807) is 9.80 Å². The number of aromatic nitrogens is 1. The molecule has 4 fully saturated rings. The van der Waals surface area contributed by atoms with Crippen molar-refractivity contribution in [1.82, 2.24) is 20.1 Å². The van der Waals surface area contributed by atoms with Gasteiger partial charge in [0.25, 0.3) is 5.91 Å². The average molecular weight is 645 g/mol. The molecule has 4 aliphatic rings. The van der Waals surface area contributed by atoms with Crippen molar-refractivity contribution in [3.63, 3.8) is 0 Å². The average Bonchev–Trinajstić information content (AvgIpc) is 3.33. The first-order valence-corrected chi connectivity index (χ1v) is 17.2. The van der Waals surface area contributed by atoms with Crippen LogP contribution in [-0.2, 0) is 14.2 Å². The number of benzene rings is 1. The molecule has 0 bridgehead atoms. The van der Waals surface area contributed by atoms with E-state index in [2.05, 4.69) is 10.3 Å². The Balaban J connectivity index is 1.07. The van der Waals surface area contributed by atoms with Gasteiger partial charge in [0.05, 0.1) is 4.88 Å². The SMILES string of the molecule is O=C(N[C@H]1C[C@H]2C[C@H]2C[C@H]2CC[C@@H](C(=O)N3CC(c4cnccc4F)C3)N2C1=O)c1cc2cc(C(F)P(=O)(O)O)ccc2s1. The molecule has 10 nitrogen and oxygen atoms in total. The highest BCUT2D eigenvalue weighted by molar-refractivity contribution is 7.51. The molecule has 3 N–H and O–H groups in total. The molecule has 3 aliphatic heterocycles. The van der Waals surface area contributed by atoms with Crippen LogP contribution in [0.2, 0.25) is 0 Å². The van der Waals surface area contributed by atoms with Gasteiger partial charge in [-0.25, -0.2) is 8.78 Å². The van der Waals surface area contributed by atoms with Gasteiger partial charge in [-0.1, -0.05) is 6.07 Å². The van der Waals surface area contributed by atoms with Crippen LogP contribution in [0.15, 0.2) is 42.7 Å². The molecule has 0 spiro atoms. The molecular weight excluding hydrogens is 613 g/mol. The number of hydrogen-bond acceptors (Lipinski definition) is 6. The zero-order chi connectivity index (χ0) is 30.9. The third-order valence-corrected chi connectivity index (χ3v) is 11.6. The third-order valence-electron chi connectivity index (χ3n) is 9.59. The van der Waals surface area contributed by atoms with Gasteiger partial charge in [0.1, 0.15) is 17.9 Å². The third kappa shape index (κ3) is 5.33. The number of amides is 3. The minimum Gasteiger partial charge on any atom is -0.340 e. The Morgan fingerprint density at radius 1 is 1.09 bits per heavy atom. The molecule has 1 unspecified atom stereocenters. The Bertz CT molecular complexity index is 1710. The first-order chi connectivity index (χ1) is 21.0. The number of nitrogens with zero attached hydrogens (tertiary/aromatic N) is 3. The fraction of sp³-hybridized carbons (Fsp3) is 0.467. The topological polar surface area (TPSA) is 140 Å². The summed E-state index contributed by atoms with van der Waals surface area (Å²) in [5.41, 5.74) is 0.301. The van der Waals surface area contributed by atoms with Crippen LogP contribution < -0.4 is 5.32 Å². The van der Waals surface area contributed by atoms with Crippen LogP contribution in [0, 0.1) is 17.7 Å². The van der Waals surface area contributed by atoms with E-state index in [-0.39, 0.29) is 40.0 Å². The van der Waals surface area contributed by atoms with E-state index < -0.39 is 31.5 Å². The smallest absolute Gasteiger partial charge is 0.340 e. The van der Waals surface area contributed by atoms with E-state index in [9.17, 15) is 37.5 Å². The fourth-order valence-electron chi connectivity index (χ4n) is 7.13. The number of carbonyl (C=O) groups excluding carboxylic acids is 3. The summed E-state index contributed by atoms with van der Waals surface area (Å²) in [6.45, 7) is 0.723. The predicted octanol–water partition coefficient (Wildman–Crippen LogP) is 4.10. The Morgan fingerprint density at radius 3 is 2.61 bits per heavy atom. The second-order valence-electron chi connectivity index (χ2n) is 12.4. The van der Waals surface area contributed by atoms with Gasteiger partial charge >= 0.3 is 7.60 Å². The van der Waals surface area contributed by atoms with Crippen LogP contribution in [0.4, 0.5) is 8.78 Å². The van der Waals surface area contributed by atoms with Gasteiger partial charge in [-0.2, -0.15) is 0 Å². The molecule has 3 saturated heterocycles. The van der Waals surface area contributed by atoms with Crippen LogP contribution in [0.3, 0.4) is 0 Å². The molecule has 7 rings (SSSR count). The van der Waals surface area contributed by atoms with Crippen molar-refractivity contribution in [3.8, 4) is 0 Å². The standard InChI is InChI=1S/C30H31F2N4O6PS/c31-22-5-6-33-12-21(22)19-13-35(14-19)30(39)24-3-2-20-9-16-8-17(16)10-23(29(38)36(20)24)34-28(37)26-11-18-7-15(1-4-25(18)44-26)27(32)43(40,41)42/h1,4-7,11-12,16-17,19-20,23-24,27H,2-3,8-10,13-14H2,(H,34,37)(H2,40,41,42)/t16-,17+,20+,23-,24-,27?/m0/s1. The molecule has 1 aliphatic carbocycles. The Kier molecular flexibility index (Phi) is 7.35. The van der Waals surface area contributed by atoms with E-state index in [4.69, 9.17) is 0 Å². The first-order valence-electron chi connectivity index (χ1n) is 14.7. The van der Waals surface area contributed by atoms with Gasteiger partial charge in [0.2, 0.25) is 17.7 Å². The van der Waals surface area contributed by atoms with Crippen molar-refractivity contribution in [1.29, 1.82) is 0 Å². The first kappa shape index (κ1) is 29.5. The van der Waals surface area contributed by atoms with Crippen LogP contribution in [-0.4, -0.2) is 73.5 Å². The van der Waals surface area contributed by atoms with Crippen LogP contribution >= 0.6 is 18.9 Å². The summed E-state index contributed by atoms with van der Waals surface area (Å²) in [6.07, 6.45) is 6.42. The molecular formula is C30H31F2N4O6PS. The van der Waals surface area contributed by atoms with Gasteiger partial charge in [0, 0.05) is 47.7 Å². The van der Waals surface area contributed by atoms with Crippen molar-refractivity contribution >= 4 is 46.7 Å². The van der Waals surface area contributed by atoms with Gasteiger partial charge in [0.15, 0.2) is 0 Å². The number of carbonyl (C=O) groups is 3. The number of fused-ring (bicyclic) bond motifs is 3. The van der Waals surface area contributed by atoms with E-state index in [0.29, 0.717) is 59.8 Å². The summed E-state index contributed by atoms with van der Waals surface area (Å²) in [6, 6.07) is 5.42. The van der Waals surface area contributed by atoms with Crippen LogP contribution in [0.5, 0.6) is 0 Å². The molecule has 6 atom stereocenters. The summed E-state index contributed by atoms with van der Waals surface area (Å²) < 4.78 is 40.5. The molecule has 1 aromatic carbocycles. The molecule has 44 heavy (non-hydrogen) atoms. The monoisotopic (exact) mass is 644 g/mol. The number of pyridine rings is 1. The number of nitrogens with one attached hydrogen (secondary N) is 1. The highest BCUT2D eigenvalue weighted by Gasteiger charge is 2.52. The molecule has 3 amide bonds. The summed E-state index contributed by atoms with van der Waals surface area (Å²) >= 11 is 1.14. The molecule has 232 valence electrons. The normalized spacial score (nSPS) is 27.6. The largest absolute Gasteiger partial charge is 0.363 e. The summed E-state index contributed by atoms with van der Waals surface area (Å²) in [5.74, 6) is -3.09. The summed E-state index contributed by atoms with van der Waals surface area (Å²) in [4.78, 5) is 67.2.